The first kappa shape index (κ1) is 23.8. The number of hydrogen-bond donors (Lipinski definition) is 2. The molecule has 2 N–H and O–H groups in total. The van der Waals surface area contributed by atoms with Gasteiger partial charge in [-0.15, -0.1) is 12.4 Å². The van der Waals surface area contributed by atoms with Crippen molar-refractivity contribution >= 4 is 23.3 Å². The molecule has 0 atom stereocenters. The van der Waals surface area contributed by atoms with Crippen LogP contribution in [0.25, 0.3) is 22.0 Å². The first-order valence-corrected chi connectivity index (χ1v) is 10.3. The second kappa shape index (κ2) is 9.13. The molecule has 11 heteroatoms. The highest BCUT2D eigenvalue weighted by Crippen LogP contribution is 2.27. The van der Waals surface area contributed by atoms with Gasteiger partial charge in [0.2, 0.25) is 0 Å². The lowest BCUT2D eigenvalue weighted by Gasteiger charge is -2.35. The number of nitrogens with one attached hydrogen (secondary N) is 1. The first-order valence-electron chi connectivity index (χ1n) is 10.3. The van der Waals surface area contributed by atoms with Gasteiger partial charge in [0.05, 0.1) is 17.4 Å². The molecule has 178 valence electrons. The van der Waals surface area contributed by atoms with Crippen LogP contribution < -0.4 is 15.6 Å². The van der Waals surface area contributed by atoms with Crippen molar-refractivity contribution in [2.24, 2.45) is 7.05 Å². The summed E-state index contributed by atoms with van der Waals surface area (Å²) in [5.74, 6) is 0.420. The lowest BCUT2D eigenvalue weighted by atomic mass is 9.96. The van der Waals surface area contributed by atoms with Gasteiger partial charge in [-0.05, 0) is 23.8 Å². The number of aromatic nitrogens is 4. The fraction of sp³-hybridized carbons (Fsp3) is 0.261. The summed E-state index contributed by atoms with van der Waals surface area (Å²) >= 11 is 0. The minimum atomic E-state index is -2.94. The lowest BCUT2D eigenvalue weighted by Crippen LogP contribution is -2.57. The van der Waals surface area contributed by atoms with E-state index in [1.165, 1.54) is 10.7 Å². The third-order valence-corrected chi connectivity index (χ3v) is 5.91. The van der Waals surface area contributed by atoms with E-state index in [0.717, 1.165) is 11.1 Å². The molecule has 1 fully saturated rings. The normalized spacial score (nSPS) is 14.6. The molecule has 0 aliphatic carbocycles. The Morgan fingerprint density at radius 2 is 1.85 bits per heavy atom. The van der Waals surface area contributed by atoms with Crippen molar-refractivity contribution in [3.63, 3.8) is 0 Å². The summed E-state index contributed by atoms with van der Waals surface area (Å²) < 4.78 is 33.5. The number of nitrogens with zero attached hydrogens (tertiary/aromatic N) is 4. The number of β-amino-alcohol motifs (C(OH)–C–C–N with tert-alkyl or cyclic N) is 1. The topological polar surface area (TPSA) is 94.2 Å². The van der Waals surface area contributed by atoms with Gasteiger partial charge in [0.1, 0.15) is 11.4 Å². The standard InChI is InChI=1S/C23H21F2N5O3.ClH/c1-29-20(31)17-7-6-14(16-9-27-21(28-10-16)23(32)12-26-13-23)8-18(17)30(29)11-15-4-2-3-5-19(15)33-22(24)25;/h2-10,22,26,32H,11-13H2,1H3;1H. The van der Waals surface area contributed by atoms with Crippen molar-refractivity contribution < 1.29 is 18.6 Å². The van der Waals surface area contributed by atoms with Crippen LogP contribution in [0.3, 0.4) is 0 Å². The molecule has 0 amide bonds. The maximum atomic E-state index is 12.8. The summed E-state index contributed by atoms with van der Waals surface area (Å²) in [5, 5.41) is 13.9. The van der Waals surface area contributed by atoms with Gasteiger partial charge in [-0.3, -0.25) is 14.2 Å². The molecule has 2 aromatic heterocycles. The van der Waals surface area contributed by atoms with Gasteiger partial charge in [0, 0.05) is 43.7 Å². The van der Waals surface area contributed by atoms with Crippen LogP contribution in [0, 0.1) is 0 Å². The Bertz CT molecular complexity index is 1380. The highest BCUT2D eigenvalue weighted by molar-refractivity contribution is 5.85. The van der Waals surface area contributed by atoms with Gasteiger partial charge < -0.3 is 15.2 Å². The summed E-state index contributed by atoms with van der Waals surface area (Å²) in [6.07, 6.45) is 3.27. The van der Waals surface area contributed by atoms with Gasteiger partial charge in [-0.2, -0.15) is 8.78 Å². The number of rotatable bonds is 6. The summed E-state index contributed by atoms with van der Waals surface area (Å²) in [4.78, 5) is 21.4. The summed E-state index contributed by atoms with van der Waals surface area (Å²) in [6.45, 7) is -1.96. The van der Waals surface area contributed by atoms with Gasteiger partial charge in [0.25, 0.3) is 5.56 Å². The number of hydrogen-bond acceptors (Lipinski definition) is 6. The highest BCUT2D eigenvalue weighted by Gasteiger charge is 2.39. The van der Waals surface area contributed by atoms with Gasteiger partial charge >= 0.3 is 6.61 Å². The molecule has 5 rings (SSSR count). The average molecular weight is 490 g/mol. The van der Waals surface area contributed by atoms with Crippen LogP contribution in [0.15, 0.2) is 59.7 Å². The van der Waals surface area contributed by atoms with E-state index in [9.17, 15) is 18.7 Å². The zero-order chi connectivity index (χ0) is 23.2. The highest BCUT2D eigenvalue weighted by atomic mass is 35.5. The Kier molecular flexibility index (Phi) is 6.39. The summed E-state index contributed by atoms with van der Waals surface area (Å²) in [6, 6.07) is 11.9. The van der Waals surface area contributed by atoms with E-state index in [-0.39, 0.29) is 30.3 Å². The predicted octanol–water partition coefficient (Wildman–Crippen LogP) is 2.66. The van der Waals surface area contributed by atoms with Gasteiger partial charge in [-0.25, -0.2) is 9.97 Å². The molecule has 2 aromatic carbocycles. The van der Waals surface area contributed by atoms with Crippen LogP contribution in [0.5, 0.6) is 5.75 Å². The first-order chi connectivity index (χ1) is 15.9. The molecular weight excluding hydrogens is 468 g/mol. The summed E-state index contributed by atoms with van der Waals surface area (Å²) in [5.41, 5.74) is 1.42. The molecule has 0 bridgehead atoms. The second-order valence-corrected chi connectivity index (χ2v) is 8.04. The van der Waals surface area contributed by atoms with Crippen LogP contribution >= 0.6 is 12.4 Å². The van der Waals surface area contributed by atoms with Crippen LogP contribution in [-0.2, 0) is 19.2 Å². The van der Waals surface area contributed by atoms with Crippen LogP contribution in [0.2, 0.25) is 0 Å². The third-order valence-electron chi connectivity index (χ3n) is 5.91. The van der Waals surface area contributed by atoms with E-state index in [4.69, 9.17) is 0 Å². The van der Waals surface area contributed by atoms with Crippen molar-refractivity contribution in [1.29, 1.82) is 0 Å². The van der Waals surface area contributed by atoms with Crippen molar-refractivity contribution in [3.05, 3.63) is 76.6 Å². The molecule has 4 aromatic rings. The Balaban J connectivity index is 0.00000274. The third kappa shape index (κ3) is 4.15. The van der Waals surface area contributed by atoms with Crippen molar-refractivity contribution in [2.75, 3.05) is 13.1 Å². The maximum Gasteiger partial charge on any atom is 0.387 e. The molecule has 3 heterocycles. The largest absolute Gasteiger partial charge is 0.434 e. The van der Waals surface area contributed by atoms with Crippen molar-refractivity contribution in [2.45, 2.75) is 18.8 Å². The number of benzene rings is 2. The van der Waals surface area contributed by atoms with E-state index >= 15 is 0 Å². The smallest absolute Gasteiger partial charge is 0.387 e. The van der Waals surface area contributed by atoms with E-state index in [0.29, 0.717) is 35.4 Å². The van der Waals surface area contributed by atoms with E-state index in [1.807, 2.05) is 6.07 Å². The molecule has 8 nitrogen and oxygen atoms in total. The van der Waals surface area contributed by atoms with E-state index < -0.39 is 12.2 Å². The van der Waals surface area contributed by atoms with Crippen LogP contribution in [0.1, 0.15) is 11.4 Å². The molecule has 1 aliphatic heterocycles. The lowest BCUT2D eigenvalue weighted by molar-refractivity contribution is -0.0505. The SMILES string of the molecule is Cl.Cn1c(=O)c2ccc(-c3cnc(C4(O)CNC4)nc3)cc2n1Cc1ccccc1OC(F)F. The summed E-state index contributed by atoms with van der Waals surface area (Å²) in [7, 11) is 1.63. The average Bonchev–Trinajstić information content (AvgIpc) is 3.03. The molecule has 0 unspecified atom stereocenters. The molecule has 0 saturated carbocycles. The quantitative estimate of drug-likeness (QED) is 0.432. The Labute approximate surface area is 199 Å². The Hall–Kier alpha value is -3.34. The van der Waals surface area contributed by atoms with Crippen molar-refractivity contribution in [1.82, 2.24) is 24.6 Å². The van der Waals surface area contributed by atoms with Gasteiger partial charge in [-0.1, -0.05) is 24.3 Å². The molecular formula is C23H22ClF2N5O3. The minimum absolute atomic E-state index is 0. The number of para-hydroxylation sites is 1. The Morgan fingerprint density at radius 1 is 1.15 bits per heavy atom. The fourth-order valence-corrected chi connectivity index (χ4v) is 3.99. The van der Waals surface area contributed by atoms with E-state index in [2.05, 4.69) is 20.0 Å². The second-order valence-electron chi connectivity index (χ2n) is 8.04. The number of ether oxygens (including phenoxy) is 1. The predicted molar refractivity (Wildman–Crippen MR) is 124 cm³/mol. The molecule has 1 aliphatic rings. The van der Waals surface area contributed by atoms with Crippen LogP contribution in [0.4, 0.5) is 8.78 Å². The molecule has 1 saturated heterocycles. The van der Waals surface area contributed by atoms with Crippen LogP contribution in [-0.4, -0.2) is 44.1 Å². The molecule has 34 heavy (non-hydrogen) atoms. The number of halogens is 3. The van der Waals surface area contributed by atoms with Gasteiger partial charge in [0.15, 0.2) is 5.82 Å². The minimum Gasteiger partial charge on any atom is -0.434 e. The molecule has 0 radical (unpaired) electrons. The fourth-order valence-electron chi connectivity index (χ4n) is 3.99. The van der Waals surface area contributed by atoms with Crippen molar-refractivity contribution in [3.8, 4) is 16.9 Å². The number of aliphatic hydroxyl groups is 1. The number of alkyl halides is 2. The zero-order valence-corrected chi connectivity index (χ0v) is 18.9. The number of fused-ring (bicyclic) bond motifs is 1. The Morgan fingerprint density at radius 3 is 2.50 bits per heavy atom. The molecule has 0 spiro atoms. The maximum absolute atomic E-state index is 12.8. The zero-order valence-electron chi connectivity index (χ0n) is 18.1. The van der Waals surface area contributed by atoms with E-state index in [1.54, 1.807) is 54.5 Å². The monoisotopic (exact) mass is 489 g/mol.